The van der Waals surface area contributed by atoms with Crippen molar-refractivity contribution < 1.29 is 18.4 Å². The van der Waals surface area contributed by atoms with Crippen LogP contribution < -0.4 is 5.32 Å². The molecule has 3 rings (SSSR count). The average Bonchev–Trinajstić information content (AvgIpc) is 3.13. The predicted molar refractivity (Wildman–Crippen MR) is 95.3 cm³/mol. The van der Waals surface area contributed by atoms with Gasteiger partial charge >= 0.3 is 0 Å². The molecule has 0 spiro atoms. The van der Waals surface area contributed by atoms with E-state index in [1.807, 2.05) is 13.8 Å². The third-order valence-electron chi connectivity index (χ3n) is 4.79. The van der Waals surface area contributed by atoms with E-state index in [0.717, 1.165) is 11.1 Å². The minimum atomic E-state index is -0.380. The summed E-state index contributed by atoms with van der Waals surface area (Å²) in [6.07, 6.45) is 2.04. The Balaban J connectivity index is 1.68. The second kappa shape index (κ2) is 7.70. The standard InChI is InChI=1S/C19H22FN3O3/c1-13-10-22(5-6-23(13)19(25)18-4-3-7-26-18)11-15-8-16(20)9-17(14(15)2)21-12-24/h3-4,7-9,12-13H,5-6,10-11H2,1-2H3,(H,21,24)/t13-/m0/s1. The van der Waals surface area contributed by atoms with Crippen molar-refractivity contribution in [1.82, 2.24) is 9.80 Å². The van der Waals surface area contributed by atoms with Crippen LogP contribution in [0, 0.1) is 12.7 Å². The lowest BCUT2D eigenvalue weighted by molar-refractivity contribution is -0.105. The molecule has 1 aliphatic heterocycles. The Kier molecular flexibility index (Phi) is 5.37. The quantitative estimate of drug-likeness (QED) is 0.834. The lowest BCUT2D eigenvalue weighted by atomic mass is 10.0. The van der Waals surface area contributed by atoms with E-state index >= 15 is 0 Å². The summed E-state index contributed by atoms with van der Waals surface area (Å²) in [4.78, 5) is 27.1. The van der Waals surface area contributed by atoms with Crippen LogP contribution in [0.1, 0.15) is 28.6 Å². The average molecular weight is 359 g/mol. The number of benzene rings is 1. The molecule has 1 aromatic carbocycles. The Bertz CT molecular complexity index is 792. The number of rotatable bonds is 5. The fourth-order valence-corrected chi connectivity index (χ4v) is 3.37. The molecular formula is C19H22FN3O3. The van der Waals surface area contributed by atoms with Crippen LogP contribution in [0.2, 0.25) is 0 Å². The van der Waals surface area contributed by atoms with Gasteiger partial charge in [0.2, 0.25) is 6.41 Å². The number of furan rings is 1. The van der Waals surface area contributed by atoms with Gasteiger partial charge in [-0.25, -0.2) is 4.39 Å². The zero-order chi connectivity index (χ0) is 18.7. The van der Waals surface area contributed by atoms with Crippen molar-refractivity contribution in [2.24, 2.45) is 0 Å². The fourth-order valence-electron chi connectivity index (χ4n) is 3.37. The zero-order valence-corrected chi connectivity index (χ0v) is 14.9. The molecule has 1 atom stereocenters. The normalized spacial score (nSPS) is 18.0. The van der Waals surface area contributed by atoms with Gasteiger partial charge in [-0.2, -0.15) is 0 Å². The van der Waals surface area contributed by atoms with Gasteiger partial charge in [0.1, 0.15) is 5.82 Å². The lowest BCUT2D eigenvalue weighted by Gasteiger charge is -2.39. The van der Waals surface area contributed by atoms with E-state index in [-0.39, 0.29) is 17.8 Å². The van der Waals surface area contributed by atoms with E-state index in [0.29, 0.717) is 44.0 Å². The number of nitrogens with zero attached hydrogens (tertiary/aromatic N) is 2. The molecule has 2 heterocycles. The number of carbonyl (C=O) groups is 2. The summed E-state index contributed by atoms with van der Waals surface area (Å²) < 4.78 is 19.1. The zero-order valence-electron chi connectivity index (χ0n) is 14.9. The lowest BCUT2D eigenvalue weighted by Crippen LogP contribution is -2.53. The second-order valence-corrected chi connectivity index (χ2v) is 6.56. The van der Waals surface area contributed by atoms with Gasteiger partial charge in [-0.1, -0.05) is 0 Å². The number of hydrogen-bond donors (Lipinski definition) is 1. The van der Waals surface area contributed by atoms with Gasteiger partial charge in [-0.05, 0) is 49.2 Å². The molecule has 1 aromatic heterocycles. The van der Waals surface area contributed by atoms with Crippen LogP contribution in [0.3, 0.4) is 0 Å². The van der Waals surface area contributed by atoms with Crippen LogP contribution in [-0.4, -0.2) is 47.8 Å². The molecule has 1 saturated heterocycles. The van der Waals surface area contributed by atoms with Crippen LogP contribution in [0.5, 0.6) is 0 Å². The largest absolute Gasteiger partial charge is 0.459 e. The Morgan fingerprint density at radius 3 is 2.88 bits per heavy atom. The number of anilines is 1. The summed E-state index contributed by atoms with van der Waals surface area (Å²) in [5.41, 5.74) is 2.15. The highest BCUT2D eigenvalue weighted by atomic mass is 19.1. The van der Waals surface area contributed by atoms with Crippen molar-refractivity contribution in [3.8, 4) is 0 Å². The number of amides is 2. The first-order chi connectivity index (χ1) is 12.5. The number of nitrogens with one attached hydrogen (secondary N) is 1. The molecular weight excluding hydrogens is 337 g/mol. The fraction of sp³-hybridized carbons (Fsp3) is 0.368. The van der Waals surface area contributed by atoms with E-state index in [4.69, 9.17) is 4.42 Å². The molecule has 7 heteroatoms. The predicted octanol–water partition coefficient (Wildman–Crippen LogP) is 2.64. The maximum absolute atomic E-state index is 13.8. The third kappa shape index (κ3) is 3.77. The molecule has 26 heavy (non-hydrogen) atoms. The Hall–Kier alpha value is -2.67. The summed E-state index contributed by atoms with van der Waals surface area (Å²) in [6, 6.07) is 6.19. The van der Waals surface area contributed by atoms with Crippen LogP contribution in [0.4, 0.5) is 10.1 Å². The van der Waals surface area contributed by atoms with E-state index in [9.17, 15) is 14.0 Å². The first kappa shape index (κ1) is 18.1. The maximum Gasteiger partial charge on any atom is 0.289 e. The summed E-state index contributed by atoms with van der Waals surface area (Å²) in [7, 11) is 0. The van der Waals surface area contributed by atoms with Crippen LogP contribution >= 0.6 is 0 Å². The van der Waals surface area contributed by atoms with Gasteiger partial charge in [0, 0.05) is 37.9 Å². The first-order valence-corrected chi connectivity index (χ1v) is 8.55. The number of carbonyl (C=O) groups excluding carboxylic acids is 2. The van der Waals surface area contributed by atoms with Crippen molar-refractivity contribution in [2.45, 2.75) is 26.4 Å². The smallest absolute Gasteiger partial charge is 0.289 e. The van der Waals surface area contributed by atoms with Crippen molar-refractivity contribution in [3.05, 3.63) is 53.2 Å². The number of hydrogen-bond acceptors (Lipinski definition) is 4. The van der Waals surface area contributed by atoms with E-state index in [1.165, 1.54) is 18.4 Å². The van der Waals surface area contributed by atoms with Crippen molar-refractivity contribution in [2.75, 3.05) is 25.0 Å². The minimum Gasteiger partial charge on any atom is -0.459 e. The molecule has 1 fully saturated rings. The van der Waals surface area contributed by atoms with Crippen LogP contribution in [0.25, 0.3) is 0 Å². The number of piperazine rings is 1. The highest BCUT2D eigenvalue weighted by Crippen LogP contribution is 2.23. The number of halogens is 1. The van der Waals surface area contributed by atoms with Crippen LogP contribution in [0.15, 0.2) is 34.9 Å². The first-order valence-electron chi connectivity index (χ1n) is 8.55. The molecule has 6 nitrogen and oxygen atoms in total. The molecule has 0 saturated carbocycles. The van der Waals surface area contributed by atoms with Gasteiger partial charge < -0.3 is 14.6 Å². The SMILES string of the molecule is Cc1c(CN2CCN(C(=O)c3ccco3)[C@@H](C)C2)cc(F)cc1NC=O. The molecule has 0 bridgehead atoms. The highest BCUT2D eigenvalue weighted by Gasteiger charge is 2.29. The molecule has 2 amide bonds. The maximum atomic E-state index is 13.8. The molecule has 0 aliphatic carbocycles. The Morgan fingerprint density at radius 1 is 1.42 bits per heavy atom. The van der Waals surface area contributed by atoms with Crippen LogP contribution in [-0.2, 0) is 11.3 Å². The van der Waals surface area contributed by atoms with E-state index in [1.54, 1.807) is 17.0 Å². The summed E-state index contributed by atoms with van der Waals surface area (Å²) in [5.74, 6) is -0.146. The van der Waals surface area contributed by atoms with Gasteiger partial charge in [0.25, 0.3) is 5.91 Å². The summed E-state index contributed by atoms with van der Waals surface area (Å²) >= 11 is 0. The molecule has 0 unspecified atom stereocenters. The van der Waals surface area contributed by atoms with Gasteiger partial charge in [0.15, 0.2) is 5.76 Å². The summed E-state index contributed by atoms with van der Waals surface area (Å²) in [6.45, 7) is 6.35. The molecule has 138 valence electrons. The Labute approximate surface area is 151 Å². The Morgan fingerprint density at radius 2 is 2.23 bits per heavy atom. The van der Waals surface area contributed by atoms with E-state index < -0.39 is 0 Å². The molecule has 1 N–H and O–H groups in total. The van der Waals surface area contributed by atoms with Crippen molar-refractivity contribution >= 4 is 18.0 Å². The summed E-state index contributed by atoms with van der Waals surface area (Å²) in [5, 5.41) is 2.54. The van der Waals surface area contributed by atoms with E-state index in [2.05, 4.69) is 10.2 Å². The molecule has 2 aromatic rings. The molecule has 1 aliphatic rings. The second-order valence-electron chi connectivity index (χ2n) is 6.56. The highest BCUT2D eigenvalue weighted by molar-refractivity contribution is 5.91. The van der Waals surface area contributed by atoms with Gasteiger partial charge in [0.05, 0.1) is 6.26 Å². The van der Waals surface area contributed by atoms with Gasteiger partial charge in [-0.3, -0.25) is 14.5 Å². The third-order valence-corrected chi connectivity index (χ3v) is 4.79. The topological polar surface area (TPSA) is 65.8 Å². The molecule has 0 radical (unpaired) electrons. The van der Waals surface area contributed by atoms with Gasteiger partial charge in [-0.15, -0.1) is 0 Å². The minimum absolute atomic E-state index is 0.0165. The monoisotopic (exact) mass is 359 g/mol. The van der Waals surface area contributed by atoms with Crippen molar-refractivity contribution in [1.29, 1.82) is 0 Å². The van der Waals surface area contributed by atoms with Crippen molar-refractivity contribution in [3.63, 3.8) is 0 Å².